The largest absolute Gasteiger partial charge is 0.368 e. The van der Waals surface area contributed by atoms with Gasteiger partial charge in [0.1, 0.15) is 23.3 Å². The third-order valence-corrected chi connectivity index (χ3v) is 7.57. The average Bonchev–Trinajstić information content (AvgIpc) is 3.52. The molecule has 2 aromatic carbocycles. The van der Waals surface area contributed by atoms with Gasteiger partial charge < -0.3 is 15.6 Å². The molecule has 0 amide bonds. The van der Waals surface area contributed by atoms with E-state index in [2.05, 4.69) is 21.4 Å². The van der Waals surface area contributed by atoms with Gasteiger partial charge in [-0.15, -0.1) is 0 Å². The van der Waals surface area contributed by atoms with Gasteiger partial charge in [0.15, 0.2) is 0 Å². The number of anilines is 2. The molecule has 1 aliphatic rings. The zero-order chi connectivity index (χ0) is 28.5. The van der Waals surface area contributed by atoms with Crippen molar-refractivity contribution in [1.29, 1.82) is 5.26 Å². The quantitative estimate of drug-likeness (QED) is 0.312. The molecule has 0 saturated heterocycles. The number of hydrogen-bond donors (Lipinski definition) is 2. The van der Waals surface area contributed by atoms with E-state index < -0.39 is 6.04 Å². The molecule has 0 spiro atoms. The van der Waals surface area contributed by atoms with E-state index >= 15 is 0 Å². The van der Waals surface area contributed by atoms with Gasteiger partial charge in [0.2, 0.25) is 5.95 Å². The zero-order valence-electron chi connectivity index (χ0n) is 22.5. The number of rotatable bonds is 6. The summed E-state index contributed by atoms with van der Waals surface area (Å²) in [5, 5.41) is 13.2. The van der Waals surface area contributed by atoms with E-state index in [0.29, 0.717) is 28.0 Å². The van der Waals surface area contributed by atoms with E-state index in [9.17, 15) is 14.9 Å². The lowest BCUT2D eigenvalue weighted by molar-refractivity contribution is 0.503. The van der Waals surface area contributed by atoms with Crippen molar-refractivity contribution in [2.45, 2.75) is 44.7 Å². The van der Waals surface area contributed by atoms with Crippen molar-refractivity contribution in [3.63, 3.8) is 0 Å². The van der Waals surface area contributed by atoms with Crippen LogP contribution in [0.5, 0.6) is 0 Å². The minimum Gasteiger partial charge on any atom is -0.368 e. The molecule has 204 valence electrons. The highest BCUT2D eigenvalue weighted by atomic mass is 16.1. The predicted molar refractivity (Wildman–Crippen MR) is 158 cm³/mol. The third kappa shape index (κ3) is 4.82. The number of nitrogens with one attached hydrogen (secondary N) is 1. The van der Waals surface area contributed by atoms with Gasteiger partial charge >= 0.3 is 0 Å². The van der Waals surface area contributed by atoms with Gasteiger partial charge in [0.05, 0.1) is 28.8 Å². The van der Waals surface area contributed by atoms with Gasteiger partial charge in [-0.05, 0) is 55.2 Å². The zero-order valence-corrected chi connectivity index (χ0v) is 22.5. The van der Waals surface area contributed by atoms with Crippen LogP contribution in [0.25, 0.3) is 27.7 Å². The fourth-order valence-electron chi connectivity index (χ4n) is 5.59. The lowest BCUT2D eigenvalue weighted by atomic mass is 10.0. The van der Waals surface area contributed by atoms with Crippen molar-refractivity contribution in [3.05, 3.63) is 105 Å². The maximum Gasteiger partial charge on any atom is 0.266 e. The molecule has 1 atom stereocenters. The number of hydrogen-bond acceptors (Lipinski definition) is 8. The summed E-state index contributed by atoms with van der Waals surface area (Å²) in [6.07, 6.45) is 7.39. The van der Waals surface area contributed by atoms with Gasteiger partial charge in [0.25, 0.3) is 11.1 Å². The lowest BCUT2D eigenvalue weighted by Crippen LogP contribution is -2.28. The Kier molecular flexibility index (Phi) is 6.77. The van der Waals surface area contributed by atoms with Gasteiger partial charge in [-0.25, -0.2) is 9.97 Å². The van der Waals surface area contributed by atoms with Crippen LogP contribution in [0.15, 0.2) is 82.6 Å². The Morgan fingerprint density at radius 3 is 2.56 bits per heavy atom. The number of fused-ring (bicyclic) bond motifs is 1. The maximum absolute atomic E-state index is 14.4. The molecular formula is C31H28N8O2. The van der Waals surface area contributed by atoms with Crippen molar-refractivity contribution < 1.29 is 0 Å². The van der Waals surface area contributed by atoms with E-state index in [1.165, 1.54) is 6.20 Å². The number of pyridine rings is 1. The summed E-state index contributed by atoms with van der Waals surface area (Å²) in [6.45, 7) is 1.84. The van der Waals surface area contributed by atoms with Crippen LogP contribution in [0.1, 0.15) is 56.1 Å². The molecule has 0 bridgehead atoms. The molecule has 1 aliphatic carbocycles. The number of nitrogen functional groups attached to an aromatic ring is 1. The summed E-state index contributed by atoms with van der Waals surface area (Å²) in [6, 6.07) is 19.9. The van der Waals surface area contributed by atoms with Crippen LogP contribution < -0.4 is 22.2 Å². The molecule has 3 N–H and O–H groups in total. The van der Waals surface area contributed by atoms with Crippen LogP contribution in [0.3, 0.4) is 0 Å². The van der Waals surface area contributed by atoms with E-state index in [0.717, 1.165) is 31.2 Å². The van der Waals surface area contributed by atoms with Gasteiger partial charge in [0, 0.05) is 18.3 Å². The summed E-state index contributed by atoms with van der Waals surface area (Å²) in [5.41, 5.74) is 8.38. The molecule has 1 saturated carbocycles. The summed E-state index contributed by atoms with van der Waals surface area (Å²) in [7, 11) is 0. The summed E-state index contributed by atoms with van der Waals surface area (Å²) >= 11 is 0. The standard InChI is InChI=1S/C31H28N8O2/c1-19(35-28-21(16-32)17-34-31(33)37-28)29-36-25-13-7-12-24(27(25)30(41)39(29)23-10-3-2-4-11-23)20-14-15-26(40)38(18-20)22-8-5-6-9-22/h2-4,7,10-15,17-19,22H,5-6,8-9H2,1H3,(H3,33,34,35,37). The number of nitrogens with two attached hydrogens (primary N) is 1. The molecule has 1 unspecified atom stereocenters. The second-order valence-electron chi connectivity index (χ2n) is 10.2. The first-order valence-corrected chi connectivity index (χ1v) is 13.6. The minimum atomic E-state index is -0.540. The van der Waals surface area contributed by atoms with Crippen molar-refractivity contribution in [2.75, 3.05) is 11.1 Å². The monoisotopic (exact) mass is 544 g/mol. The van der Waals surface area contributed by atoms with E-state index in [4.69, 9.17) is 10.7 Å². The summed E-state index contributed by atoms with van der Waals surface area (Å²) in [5.74, 6) is 0.710. The van der Waals surface area contributed by atoms with Crippen LogP contribution in [-0.2, 0) is 0 Å². The van der Waals surface area contributed by atoms with Crippen LogP contribution in [0.2, 0.25) is 0 Å². The second kappa shape index (κ2) is 10.7. The molecule has 6 rings (SSSR count). The van der Waals surface area contributed by atoms with Gasteiger partial charge in [-0.2, -0.15) is 10.2 Å². The molecule has 10 heteroatoms. The first-order valence-electron chi connectivity index (χ1n) is 13.6. The van der Waals surface area contributed by atoms with Gasteiger partial charge in [-0.3, -0.25) is 14.2 Å². The first kappa shape index (κ1) is 26.0. The molecule has 3 heterocycles. The Bertz CT molecular complexity index is 1920. The smallest absolute Gasteiger partial charge is 0.266 e. The van der Waals surface area contributed by atoms with E-state index in [-0.39, 0.29) is 34.5 Å². The molecule has 10 nitrogen and oxygen atoms in total. The van der Waals surface area contributed by atoms with E-state index in [1.54, 1.807) is 16.7 Å². The topological polar surface area (TPSA) is 145 Å². The number of benzene rings is 2. The SMILES string of the molecule is CC(Nc1nc(N)ncc1C#N)c1nc2cccc(-c3ccc(=O)n(C4CCCC4)c3)c2c(=O)n1-c1ccccc1. The molecule has 3 aromatic heterocycles. The third-order valence-electron chi connectivity index (χ3n) is 7.57. The number of para-hydroxylation sites is 1. The molecule has 0 aliphatic heterocycles. The highest BCUT2D eigenvalue weighted by Gasteiger charge is 2.23. The Hall–Kier alpha value is -5.30. The first-order chi connectivity index (χ1) is 19.9. The van der Waals surface area contributed by atoms with E-state index in [1.807, 2.05) is 66.2 Å². The fourth-order valence-corrected chi connectivity index (χ4v) is 5.59. The Labute approximate surface area is 235 Å². The Balaban J connectivity index is 1.55. The normalized spacial score (nSPS) is 14.1. The fraction of sp³-hybridized carbons (Fsp3) is 0.226. The van der Waals surface area contributed by atoms with Crippen LogP contribution in [-0.4, -0.2) is 24.1 Å². The second-order valence-corrected chi connectivity index (χ2v) is 10.2. The number of nitriles is 1. The Morgan fingerprint density at radius 1 is 1.02 bits per heavy atom. The molecule has 41 heavy (non-hydrogen) atoms. The average molecular weight is 545 g/mol. The maximum atomic E-state index is 14.4. The highest BCUT2D eigenvalue weighted by molar-refractivity contribution is 5.94. The Morgan fingerprint density at radius 2 is 1.80 bits per heavy atom. The number of nitrogens with zero attached hydrogens (tertiary/aromatic N) is 6. The summed E-state index contributed by atoms with van der Waals surface area (Å²) < 4.78 is 3.39. The molecule has 5 aromatic rings. The van der Waals surface area contributed by atoms with Crippen LogP contribution in [0.4, 0.5) is 11.8 Å². The van der Waals surface area contributed by atoms with Crippen molar-refractivity contribution in [3.8, 4) is 22.9 Å². The van der Waals surface area contributed by atoms with Crippen molar-refractivity contribution in [1.82, 2.24) is 24.1 Å². The van der Waals surface area contributed by atoms with Crippen molar-refractivity contribution in [2.24, 2.45) is 0 Å². The van der Waals surface area contributed by atoms with Crippen molar-refractivity contribution >= 4 is 22.7 Å². The number of aromatic nitrogens is 5. The lowest BCUT2D eigenvalue weighted by Gasteiger charge is -2.21. The highest BCUT2D eigenvalue weighted by Crippen LogP contribution is 2.32. The van der Waals surface area contributed by atoms with Crippen LogP contribution in [0, 0.1) is 11.3 Å². The van der Waals surface area contributed by atoms with Gasteiger partial charge in [-0.1, -0.05) is 43.2 Å². The predicted octanol–water partition coefficient (Wildman–Crippen LogP) is 4.75. The molecule has 0 radical (unpaired) electrons. The molecule has 1 fully saturated rings. The molecular weight excluding hydrogens is 516 g/mol. The summed E-state index contributed by atoms with van der Waals surface area (Å²) in [4.78, 5) is 40.2. The minimum absolute atomic E-state index is 0.0224. The van der Waals surface area contributed by atoms with Crippen LogP contribution >= 0.6 is 0 Å².